The zero-order valence-corrected chi connectivity index (χ0v) is 18.2. The molecule has 1 rings (SSSR count). The molecule has 1 aromatic rings. The summed E-state index contributed by atoms with van der Waals surface area (Å²) in [7, 11) is 0. The van der Waals surface area contributed by atoms with Crippen molar-refractivity contribution < 1.29 is 18.7 Å². The van der Waals surface area contributed by atoms with Crippen LogP contribution in [0.3, 0.4) is 0 Å². The lowest BCUT2D eigenvalue weighted by atomic mass is 10.0. The van der Waals surface area contributed by atoms with E-state index in [9.17, 15) is 14.0 Å². The molecule has 1 amide bonds. The first kappa shape index (κ1) is 23.8. The summed E-state index contributed by atoms with van der Waals surface area (Å²) in [6.45, 7) is 10.00. The van der Waals surface area contributed by atoms with E-state index in [-0.39, 0.29) is 34.4 Å². The molecule has 0 fully saturated rings. The van der Waals surface area contributed by atoms with Gasteiger partial charge >= 0.3 is 5.97 Å². The van der Waals surface area contributed by atoms with Crippen LogP contribution in [0.2, 0.25) is 5.02 Å². The van der Waals surface area contributed by atoms with Gasteiger partial charge in [-0.1, -0.05) is 46.2 Å². The largest absolute Gasteiger partial charge is 0.465 e. The summed E-state index contributed by atoms with van der Waals surface area (Å²) in [6, 6.07) is 2.65. The van der Waals surface area contributed by atoms with Crippen LogP contribution in [0.15, 0.2) is 17.0 Å². The van der Waals surface area contributed by atoms with Crippen molar-refractivity contribution in [3.05, 3.63) is 23.0 Å². The SMILES string of the molecule is CCC(CC)C(=O)Nc1cc(SC(CC)C(=O)OCC(C)C)c(Cl)cc1F. The maximum Gasteiger partial charge on any atom is 0.319 e. The molecule has 0 saturated heterocycles. The maximum atomic E-state index is 14.2. The third-order valence-corrected chi connectivity index (χ3v) is 5.92. The number of anilines is 1. The van der Waals surface area contributed by atoms with Crippen LogP contribution in [0.1, 0.15) is 53.9 Å². The van der Waals surface area contributed by atoms with Gasteiger partial charge in [0.15, 0.2) is 0 Å². The highest BCUT2D eigenvalue weighted by atomic mass is 35.5. The smallest absolute Gasteiger partial charge is 0.319 e. The van der Waals surface area contributed by atoms with E-state index in [2.05, 4.69) is 5.32 Å². The normalized spacial score (nSPS) is 12.3. The molecule has 27 heavy (non-hydrogen) atoms. The highest BCUT2D eigenvalue weighted by Gasteiger charge is 2.23. The van der Waals surface area contributed by atoms with E-state index in [0.29, 0.717) is 30.8 Å². The number of ether oxygens (including phenoxy) is 1. The van der Waals surface area contributed by atoms with Crippen LogP contribution in [0, 0.1) is 17.7 Å². The Balaban J connectivity index is 2.97. The summed E-state index contributed by atoms with van der Waals surface area (Å²) < 4.78 is 19.6. The second kappa shape index (κ2) is 11.5. The molecule has 1 atom stereocenters. The first-order valence-corrected chi connectivity index (χ1v) is 10.6. The summed E-state index contributed by atoms with van der Waals surface area (Å²) in [4.78, 5) is 25.1. The molecular weight excluding hydrogens is 389 g/mol. The van der Waals surface area contributed by atoms with Crippen molar-refractivity contribution in [2.75, 3.05) is 11.9 Å². The molecular formula is C20H29ClFNO3S. The van der Waals surface area contributed by atoms with Crippen molar-refractivity contribution in [3.8, 4) is 0 Å². The van der Waals surface area contributed by atoms with E-state index >= 15 is 0 Å². The van der Waals surface area contributed by atoms with Crippen LogP contribution < -0.4 is 5.32 Å². The van der Waals surface area contributed by atoms with Crippen molar-refractivity contribution in [3.63, 3.8) is 0 Å². The summed E-state index contributed by atoms with van der Waals surface area (Å²) in [6.07, 6.45) is 1.90. The van der Waals surface area contributed by atoms with Gasteiger partial charge in [-0.2, -0.15) is 0 Å². The van der Waals surface area contributed by atoms with Crippen LogP contribution in [0.5, 0.6) is 0 Å². The number of amides is 1. The molecule has 4 nitrogen and oxygen atoms in total. The van der Waals surface area contributed by atoms with Crippen LogP contribution >= 0.6 is 23.4 Å². The summed E-state index contributed by atoms with van der Waals surface area (Å²) in [5, 5.41) is 2.39. The Morgan fingerprint density at radius 1 is 1.19 bits per heavy atom. The molecule has 0 aromatic heterocycles. The number of rotatable bonds is 10. The Kier molecular flexibility index (Phi) is 10.2. The number of benzene rings is 1. The average molecular weight is 418 g/mol. The average Bonchev–Trinajstić information content (AvgIpc) is 2.61. The Labute approximate surface area is 170 Å². The predicted octanol–water partition coefficient (Wildman–Crippen LogP) is 5.92. The Hall–Kier alpha value is -1.27. The van der Waals surface area contributed by atoms with Crippen LogP contribution in [0.4, 0.5) is 10.1 Å². The molecule has 7 heteroatoms. The first-order valence-electron chi connectivity index (χ1n) is 9.36. The molecule has 0 bridgehead atoms. The molecule has 0 aliphatic heterocycles. The van der Waals surface area contributed by atoms with Gasteiger partial charge in [0.1, 0.15) is 11.1 Å². The van der Waals surface area contributed by atoms with Gasteiger partial charge in [0.25, 0.3) is 0 Å². The fourth-order valence-corrected chi connectivity index (χ4v) is 3.68. The summed E-state index contributed by atoms with van der Waals surface area (Å²) >= 11 is 7.38. The number of hydrogen-bond donors (Lipinski definition) is 1. The predicted molar refractivity (Wildman–Crippen MR) is 110 cm³/mol. The van der Waals surface area contributed by atoms with Gasteiger partial charge in [-0.3, -0.25) is 9.59 Å². The molecule has 1 N–H and O–H groups in total. The molecule has 0 spiro atoms. The Morgan fingerprint density at radius 2 is 1.81 bits per heavy atom. The van der Waals surface area contributed by atoms with Gasteiger partial charge in [0.05, 0.1) is 17.3 Å². The fraction of sp³-hybridized carbons (Fsp3) is 0.600. The molecule has 1 aromatic carbocycles. The van der Waals surface area contributed by atoms with E-state index in [1.807, 2.05) is 34.6 Å². The first-order chi connectivity index (χ1) is 12.7. The van der Waals surface area contributed by atoms with Crippen molar-refractivity contribution in [1.82, 2.24) is 0 Å². The Morgan fingerprint density at radius 3 is 2.33 bits per heavy atom. The van der Waals surface area contributed by atoms with Gasteiger partial charge in [-0.05, 0) is 37.3 Å². The second-order valence-corrected chi connectivity index (χ2v) is 8.46. The number of thioether (sulfide) groups is 1. The molecule has 0 aliphatic carbocycles. The third-order valence-electron chi connectivity index (χ3n) is 4.10. The van der Waals surface area contributed by atoms with E-state index in [0.717, 1.165) is 0 Å². The van der Waals surface area contributed by atoms with Crippen molar-refractivity contribution in [1.29, 1.82) is 0 Å². The minimum Gasteiger partial charge on any atom is -0.465 e. The van der Waals surface area contributed by atoms with Crippen molar-refractivity contribution in [2.24, 2.45) is 11.8 Å². The minimum atomic E-state index is -0.598. The Bertz CT molecular complexity index is 650. The number of nitrogens with one attached hydrogen (secondary N) is 1. The molecule has 1 unspecified atom stereocenters. The lowest BCUT2D eigenvalue weighted by molar-refractivity contribution is -0.144. The van der Waals surface area contributed by atoms with Gasteiger partial charge < -0.3 is 10.1 Å². The van der Waals surface area contributed by atoms with Crippen molar-refractivity contribution >= 4 is 40.9 Å². The van der Waals surface area contributed by atoms with E-state index in [1.54, 1.807) is 0 Å². The lowest BCUT2D eigenvalue weighted by Gasteiger charge is -2.18. The number of carbonyl (C=O) groups excluding carboxylic acids is 2. The molecule has 0 radical (unpaired) electrons. The van der Waals surface area contributed by atoms with Crippen LogP contribution in [-0.2, 0) is 14.3 Å². The fourth-order valence-electron chi connectivity index (χ4n) is 2.40. The van der Waals surface area contributed by atoms with E-state index in [4.69, 9.17) is 16.3 Å². The highest BCUT2D eigenvalue weighted by Crippen LogP contribution is 2.36. The number of carbonyl (C=O) groups is 2. The van der Waals surface area contributed by atoms with Gasteiger partial charge in [-0.15, -0.1) is 11.8 Å². The molecule has 0 saturated carbocycles. The zero-order chi connectivity index (χ0) is 20.6. The van der Waals surface area contributed by atoms with Gasteiger partial charge in [0, 0.05) is 10.8 Å². The standard InChI is InChI=1S/C20H29ClFNO3S/c1-6-13(7-2)19(24)23-16-10-18(14(21)9-15(16)22)27-17(8-3)20(25)26-11-12(4)5/h9-10,12-13,17H,6-8,11H2,1-5H3,(H,23,24). The summed E-state index contributed by atoms with van der Waals surface area (Å²) in [5.74, 6) is -1.07. The monoisotopic (exact) mass is 417 g/mol. The quantitative estimate of drug-likeness (QED) is 0.379. The van der Waals surface area contributed by atoms with Gasteiger partial charge in [0.2, 0.25) is 5.91 Å². The zero-order valence-electron chi connectivity index (χ0n) is 16.6. The maximum absolute atomic E-state index is 14.2. The summed E-state index contributed by atoms with van der Waals surface area (Å²) in [5.41, 5.74) is 0.0733. The minimum absolute atomic E-state index is 0.0733. The topological polar surface area (TPSA) is 55.4 Å². The lowest BCUT2D eigenvalue weighted by Crippen LogP contribution is -2.23. The van der Waals surface area contributed by atoms with Crippen LogP contribution in [0.25, 0.3) is 0 Å². The second-order valence-electron chi connectivity index (χ2n) is 6.80. The number of esters is 1. The number of hydrogen-bond acceptors (Lipinski definition) is 4. The van der Waals surface area contributed by atoms with Gasteiger partial charge in [-0.25, -0.2) is 4.39 Å². The number of halogens is 2. The molecule has 0 aliphatic rings. The highest BCUT2D eigenvalue weighted by molar-refractivity contribution is 8.00. The van der Waals surface area contributed by atoms with E-state index < -0.39 is 11.1 Å². The van der Waals surface area contributed by atoms with E-state index in [1.165, 1.54) is 23.9 Å². The van der Waals surface area contributed by atoms with Crippen LogP contribution in [-0.4, -0.2) is 23.7 Å². The molecule has 152 valence electrons. The van der Waals surface area contributed by atoms with Crippen molar-refractivity contribution in [2.45, 2.75) is 64.0 Å². The molecule has 0 heterocycles. The third kappa shape index (κ3) is 7.34.